The summed E-state index contributed by atoms with van der Waals surface area (Å²) in [5.74, 6) is 0.871. The molecule has 0 spiro atoms. The van der Waals surface area contributed by atoms with Gasteiger partial charge in [-0.1, -0.05) is 35.0 Å². The van der Waals surface area contributed by atoms with Gasteiger partial charge in [0.2, 0.25) is 0 Å². The standard InChI is InChI=1S/C27H33BrClN7O5S/c1-14(2)34(11-15-5-4-6-15)26(38)21-18(9-16(28)10-30-21)42-27-25(39-3)22(24-23(41-27)17(37)13-40-24)36-12-20(31-33-36)35-8-7-19(29)32-35/h7-10,12,14-15,17,22-25,27,37H,4-6,11,13H2,1-3H3/t17?,22?,23?,24-,25?,27-/m1/s1. The van der Waals surface area contributed by atoms with Gasteiger partial charge in [0.15, 0.2) is 11.0 Å². The van der Waals surface area contributed by atoms with Gasteiger partial charge in [-0.3, -0.25) is 4.79 Å². The van der Waals surface area contributed by atoms with Crippen LogP contribution in [0.25, 0.3) is 5.82 Å². The molecule has 6 atom stereocenters. The molecule has 3 aromatic rings. The van der Waals surface area contributed by atoms with Gasteiger partial charge in [0.1, 0.15) is 41.6 Å². The number of ether oxygens (including phenoxy) is 3. The molecule has 0 radical (unpaired) electrons. The van der Waals surface area contributed by atoms with Crippen LogP contribution in [0.15, 0.2) is 40.1 Å². The van der Waals surface area contributed by atoms with Crippen molar-refractivity contribution in [3.05, 3.63) is 46.0 Å². The molecule has 42 heavy (non-hydrogen) atoms. The van der Waals surface area contributed by atoms with E-state index in [1.807, 2.05) is 24.8 Å². The third-order valence-corrected chi connectivity index (χ3v) is 9.90. The molecule has 1 N–H and O–H groups in total. The Kier molecular flexibility index (Phi) is 8.92. The van der Waals surface area contributed by atoms with Crippen molar-refractivity contribution in [1.82, 2.24) is 34.7 Å². The van der Waals surface area contributed by atoms with Crippen LogP contribution in [0.5, 0.6) is 0 Å². The third kappa shape index (κ3) is 5.86. The molecule has 1 aliphatic carbocycles. The highest BCUT2D eigenvalue weighted by atomic mass is 79.9. The van der Waals surface area contributed by atoms with E-state index < -0.39 is 35.9 Å². The van der Waals surface area contributed by atoms with Crippen LogP contribution in [0.3, 0.4) is 0 Å². The molecule has 1 amide bonds. The topological polar surface area (TPSA) is 130 Å². The van der Waals surface area contributed by atoms with Crippen LogP contribution in [-0.4, -0.2) is 102 Å². The van der Waals surface area contributed by atoms with Gasteiger partial charge in [-0.25, -0.2) is 14.3 Å². The highest BCUT2D eigenvalue weighted by molar-refractivity contribution is 9.10. The Labute approximate surface area is 261 Å². The molecule has 0 aromatic carbocycles. The molecule has 5 heterocycles. The van der Waals surface area contributed by atoms with Crippen molar-refractivity contribution in [3.8, 4) is 5.82 Å². The van der Waals surface area contributed by atoms with E-state index in [1.165, 1.54) is 22.9 Å². The second-order valence-electron chi connectivity index (χ2n) is 11.1. The maximum absolute atomic E-state index is 13.9. The van der Waals surface area contributed by atoms with Crippen LogP contribution in [0.1, 0.15) is 49.6 Å². The van der Waals surface area contributed by atoms with Crippen LogP contribution in [0, 0.1) is 5.92 Å². The number of aliphatic hydroxyl groups excluding tert-OH is 1. The first-order chi connectivity index (χ1) is 20.2. The molecule has 0 bridgehead atoms. The van der Waals surface area contributed by atoms with Gasteiger partial charge in [-0.05, 0) is 60.7 Å². The van der Waals surface area contributed by atoms with E-state index in [2.05, 4.69) is 36.3 Å². The number of halogens is 2. The van der Waals surface area contributed by atoms with Crippen molar-refractivity contribution < 1.29 is 24.1 Å². The lowest BCUT2D eigenvalue weighted by molar-refractivity contribution is -0.170. The molecular weight excluding hydrogens is 650 g/mol. The van der Waals surface area contributed by atoms with Gasteiger partial charge >= 0.3 is 0 Å². The van der Waals surface area contributed by atoms with E-state index in [9.17, 15) is 9.90 Å². The third-order valence-electron chi connectivity index (χ3n) is 8.09. The number of pyridine rings is 1. The Balaban J connectivity index is 1.32. The number of hydrogen-bond donors (Lipinski definition) is 1. The van der Waals surface area contributed by atoms with Gasteiger partial charge in [-0.2, -0.15) is 5.10 Å². The average molecular weight is 683 g/mol. The first-order valence-corrected chi connectivity index (χ1v) is 16.0. The predicted octanol–water partition coefficient (Wildman–Crippen LogP) is 3.76. The first kappa shape index (κ1) is 30.0. The lowest BCUT2D eigenvalue weighted by Gasteiger charge is -2.43. The van der Waals surface area contributed by atoms with Crippen molar-refractivity contribution in [2.24, 2.45) is 5.92 Å². The normalized spacial score (nSPS) is 27.7. The van der Waals surface area contributed by atoms with E-state index in [-0.39, 0.29) is 18.6 Å². The van der Waals surface area contributed by atoms with Crippen LogP contribution in [0.2, 0.25) is 5.15 Å². The zero-order valence-corrected chi connectivity index (χ0v) is 26.6. The summed E-state index contributed by atoms with van der Waals surface area (Å²) in [6.45, 7) is 4.89. The largest absolute Gasteiger partial charge is 0.388 e. The fourth-order valence-electron chi connectivity index (χ4n) is 5.67. The predicted molar refractivity (Wildman–Crippen MR) is 158 cm³/mol. The molecular formula is C27H33BrClN7O5S. The number of hydrogen-bond acceptors (Lipinski definition) is 10. The van der Waals surface area contributed by atoms with E-state index in [0.717, 1.165) is 17.3 Å². The maximum Gasteiger partial charge on any atom is 0.273 e. The van der Waals surface area contributed by atoms with Crippen molar-refractivity contribution in [1.29, 1.82) is 0 Å². The van der Waals surface area contributed by atoms with Crippen molar-refractivity contribution in [3.63, 3.8) is 0 Å². The first-order valence-electron chi connectivity index (χ1n) is 14.0. The molecule has 1 saturated carbocycles. The quantitative estimate of drug-likeness (QED) is 0.356. The van der Waals surface area contributed by atoms with Crippen molar-refractivity contribution in [2.75, 3.05) is 20.3 Å². The molecule has 4 unspecified atom stereocenters. The number of thioether (sulfide) groups is 1. The zero-order chi connectivity index (χ0) is 29.5. The maximum atomic E-state index is 13.9. The summed E-state index contributed by atoms with van der Waals surface area (Å²) < 4.78 is 22.4. The van der Waals surface area contributed by atoms with E-state index in [4.69, 9.17) is 25.8 Å². The summed E-state index contributed by atoms with van der Waals surface area (Å²) in [4.78, 5) is 21.0. The summed E-state index contributed by atoms with van der Waals surface area (Å²) in [6.07, 6.45) is 5.94. The summed E-state index contributed by atoms with van der Waals surface area (Å²) in [7, 11) is 1.59. The Bertz CT molecular complexity index is 1420. The number of fused-ring (bicyclic) bond motifs is 1. The molecule has 2 saturated heterocycles. The Morgan fingerprint density at radius 1 is 1.36 bits per heavy atom. The summed E-state index contributed by atoms with van der Waals surface area (Å²) in [5, 5.41) is 24.0. The summed E-state index contributed by atoms with van der Waals surface area (Å²) >= 11 is 10.9. The van der Waals surface area contributed by atoms with Crippen LogP contribution in [-0.2, 0) is 14.2 Å². The molecule has 12 nitrogen and oxygen atoms in total. The van der Waals surface area contributed by atoms with Crippen molar-refractivity contribution >= 4 is 45.2 Å². The van der Waals surface area contributed by atoms with Gasteiger partial charge in [0, 0.05) is 41.5 Å². The number of carbonyl (C=O) groups excluding carboxylic acids is 1. The summed E-state index contributed by atoms with van der Waals surface area (Å²) in [5.41, 5.74) is -0.277. The number of aromatic nitrogens is 6. The highest BCUT2D eigenvalue weighted by Gasteiger charge is 2.54. The number of rotatable bonds is 9. The number of methoxy groups -OCH3 is 1. The number of aliphatic hydroxyl groups is 1. The molecule has 3 fully saturated rings. The molecule has 3 aromatic heterocycles. The van der Waals surface area contributed by atoms with Crippen LogP contribution >= 0.6 is 39.3 Å². The minimum absolute atomic E-state index is 0.0288. The summed E-state index contributed by atoms with van der Waals surface area (Å²) in [6, 6.07) is 3.06. The fourth-order valence-corrected chi connectivity index (χ4v) is 7.58. The number of amides is 1. The second-order valence-corrected chi connectivity index (χ2v) is 13.6. The van der Waals surface area contributed by atoms with E-state index in [0.29, 0.717) is 34.0 Å². The minimum atomic E-state index is -0.841. The van der Waals surface area contributed by atoms with Gasteiger partial charge in [0.25, 0.3) is 5.91 Å². The van der Waals surface area contributed by atoms with Crippen LogP contribution < -0.4 is 0 Å². The smallest absolute Gasteiger partial charge is 0.273 e. The molecule has 3 aliphatic rings. The highest BCUT2D eigenvalue weighted by Crippen LogP contribution is 2.44. The van der Waals surface area contributed by atoms with Gasteiger partial charge in [0.05, 0.1) is 12.8 Å². The molecule has 6 rings (SSSR count). The van der Waals surface area contributed by atoms with Crippen LogP contribution in [0.4, 0.5) is 0 Å². The number of nitrogens with zero attached hydrogens (tertiary/aromatic N) is 7. The second kappa shape index (κ2) is 12.5. The fraction of sp³-hybridized carbons (Fsp3) is 0.593. The Morgan fingerprint density at radius 2 is 2.17 bits per heavy atom. The molecule has 2 aliphatic heterocycles. The SMILES string of the molecule is COC1C(n2cc(-n3ccc(Cl)n3)nn2)[C@H]2OCC(O)C2O[C@@H]1Sc1cc(Br)cnc1C(=O)N(CC1CCC1)C(C)C. The van der Waals surface area contributed by atoms with Gasteiger partial charge in [-0.15, -0.1) is 5.10 Å². The Morgan fingerprint density at radius 3 is 2.83 bits per heavy atom. The zero-order valence-electron chi connectivity index (χ0n) is 23.4. The monoisotopic (exact) mass is 681 g/mol. The minimum Gasteiger partial charge on any atom is -0.388 e. The molecule has 226 valence electrons. The molecule has 15 heteroatoms. The lowest BCUT2D eigenvalue weighted by atomic mass is 9.85. The van der Waals surface area contributed by atoms with E-state index >= 15 is 0 Å². The van der Waals surface area contributed by atoms with Gasteiger partial charge < -0.3 is 24.2 Å². The Hall–Kier alpha value is -2.07. The van der Waals surface area contributed by atoms with E-state index in [1.54, 1.807) is 36.4 Å². The van der Waals surface area contributed by atoms with Crippen molar-refractivity contribution in [2.45, 2.75) is 79.9 Å². The number of carbonyl (C=O) groups is 1. The average Bonchev–Trinajstić information content (AvgIpc) is 3.67. The lowest BCUT2D eigenvalue weighted by Crippen LogP contribution is -2.55.